The molecule has 0 atom stereocenters. The summed E-state index contributed by atoms with van der Waals surface area (Å²) < 4.78 is 20.0. The Morgan fingerprint density at radius 2 is 0.969 bits per heavy atom. The zero-order valence-electron chi connectivity index (χ0n) is 19.6. The number of carbonyl (C=O) groups excluding carboxylic acids is 4. The monoisotopic (exact) mass is 456 g/mol. The van der Waals surface area contributed by atoms with Crippen molar-refractivity contribution in [3.05, 3.63) is 24.3 Å². The molecule has 0 aromatic carbocycles. The summed E-state index contributed by atoms with van der Waals surface area (Å²) >= 11 is 0. The number of amides is 2. The molecule has 182 valence electrons. The van der Waals surface area contributed by atoms with Crippen molar-refractivity contribution in [2.75, 3.05) is 39.8 Å². The van der Waals surface area contributed by atoms with E-state index in [2.05, 4.69) is 13.2 Å². The molecule has 0 aliphatic rings. The van der Waals surface area contributed by atoms with Crippen LogP contribution in [0.25, 0.3) is 0 Å². The smallest absolute Gasteiger partial charge is 0.412 e. The Morgan fingerprint density at radius 3 is 1.25 bits per heavy atom. The highest BCUT2D eigenvalue weighted by atomic mass is 16.6. The lowest BCUT2D eigenvalue weighted by molar-refractivity contribution is -0.143. The van der Waals surface area contributed by atoms with E-state index in [1.54, 1.807) is 13.8 Å². The summed E-state index contributed by atoms with van der Waals surface area (Å²) in [5.74, 6) is -1.16. The SMILES string of the molecule is C=C(C)C(=O)OCN(CCCCCCN(COC(=O)C(=C)C)C(=O)OCC)C(=O)OCC. The summed E-state index contributed by atoms with van der Waals surface area (Å²) in [6.45, 7) is 14.1. The first kappa shape index (κ1) is 29.0. The average Bonchev–Trinajstić information content (AvgIpc) is 2.73. The summed E-state index contributed by atoms with van der Waals surface area (Å²) in [4.78, 5) is 49.8. The maximum absolute atomic E-state index is 12.0. The fourth-order valence-electron chi connectivity index (χ4n) is 2.32. The van der Waals surface area contributed by atoms with Gasteiger partial charge in [0, 0.05) is 24.2 Å². The van der Waals surface area contributed by atoms with E-state index in [0.29, 0.717) is 25.9 Å². The first-order valence-corrected chi connectivity index (χ1v) is 10.6. The molecule has 10 nitrogen and oxygen atoms in total. The molecule has 0 unspecified atom stereocenters. The molecule has 0 radical (unpaired) electrons. The highest BCUT2D eigenvalue weighted by Gasteiger charge is 2.18. The van der Waals surface area contributed by atoms with Gasteiger partial charge in [-0.15, -0.1) is 0 Å². The van der Waals surface area contributed by atoms with Crippen LogP contribution in [0.3, 0.4) is 0 Å². The highest BCUT2D eigenvalue weighted by molar-refractivity contribution is 5.87. The molecule has 0 N–H and O–H groups in total. The number of hydrogen-bond acceptors (Lipinski definition) is 8. The van der Waals surface area contributed by atoms with Gasteiger partial charge in [-0.3, -0.25) is 9.80 Å². The Morgan fingerprint density at radius 1 is 0.625 bits per heavy atom. The first-order chi connectivity index (χ1) is 15.1. The minimum absolute atomic E-state index is 0.212. The van der Waals surface area contributed by atoms with E-state index in [4.69, 9.17) is 18.9 Å². The van der Waals surface area contributed by atoms with E-state index in [0.717, 1.165) is 12.8 Å². The van der Waals surface area contributed by atoms with Gasteiger partial charge >= 0.3 is 24.1 Å². The molecule has 32 heavy (non-hydrogen) atoms. The van der Waals surface area contributed by atoms with Gasteiger partial charge in [0.05, 0.1) is 13.2 Å². The van der Waals surface area contributed by atoms with E-state index in [1.807, 2.05) is 0 Å². The van der Waals surface area contributed by atoms with Crippen LogP contribution in [0.1, 0.15) is 53.4 Å². The first-order valence-electron chi connectivity index (χ1n) is 10.6. The van der Waals surface area contributed by atoms with Crippen molar-refractivity contribution in [2.24, 2.45) is 0 Å². The van der Waals surface area contributed by atoms with Gasteiger partial charge in [-0.1, -0.05) is 26.0 Å². The molecule has 0 aromatic heterocycles. The van der Waals surface area contributed by atoms with Crippen LogP contribution in [-0.4, -0.2) is 73.7 Å². The van der Waals surface area contributed by atoms with Crippen LogP contribution in [-0.2, 0) is 28.5 Å². The quantitative estimate of drug-likeness (QED) is 0.121. The lowest BCUT2D eigenvalue weighted by atomic mass is 10.2. The fraction of sp³-hybridized carbons (Fsp3) is 0.636. The highest BCUT2D eigenvalue weighted by Crippen LogP contribution is 2.07. The molecule has 0 spiro atoms. The lowest BCUT2D eigenvalue weighted by Gasteiger charge is -2.22. The lowest BCUT2D eigenvalue weighted by Crippen LogP contribution is -2.36. The van der Waals surface area contributed by atoms with Gasteiger partial charge in [-0.2, -0.15) is 0 Å². The number of hydrogen-bond donors (Lipinski definition) is 0. The summed E-state index contributed by atoms with van der Waals surface area (Å²) in [5, 5.41) is 0. The summed E-state index contributed by atoms with van der Waals surface area (Å²) in [5.41, 5.74) is 0.489. The summed E-state index contributed by atoms with van der Waals surface area (Å²) in [6, 6.07) is 0. The predicted molar refractivity (Wildman–Crippen MR) is 117 cm³/mol. The van der Waals surface area contributed by atoms with E-state index < -0.39 is 24.1 Å². The van der Waals surface area contributed by atoms with Gasteiger partial charge in [0.1, 0.15) is 0 Å². The second-order valence-electron chi connectivity index (χ2n) is 7.02. The van der Waals surface area contributed by atoms with Crippen LogP contribution >= 0.6 is 0 Å². The number of ether oxygens (including phenoxy) is 4. The minimum atomic E-state index is -0.578. The molecule has 0 bridgehead atoms. The standard InChI is InChI=1S/C22H36N2O8/c1-7-29-21(27)23(15-31-19(25)17(3)4)13-11-9-10-12-14-24(22(28)30-8-2)16-32-20(26)18(5)6/h3,5,7-16H2,1-2,4,6H3. The molecule has 0 fully saturated rings. The average molecular weight is 457 g/mol. The van der Waals surface area contributed by atoms with Gasteiger partial charge in [0.25, 0.3) is 0 Å². The number of carbonyl (C=O) groups is 4. The van der Waals surface area contributed by atoms with Crippen LogP contribution in [0.5, 0.6) is 0 Å². The molecule has 0 aliphatic heterocycles. The Kier molecular flexibility index (Phi) is 15.0. The van der Waals surface area contributed by atoms with Crippen molar-refractivity contribution in [3.8, 4) is 0 Å². The van der Waals surface area contributed by atoms with Crippen LogP contribution in [0.2, 0.25) is 0 Å². The number of nitrogens with zero attached hydrogens (tertiary/aromatic N) is 2. The molecule has 0 heterocycles. The van der Waals surface area contributed by atoms with Crippen LogP contribution in [0.4, 0.5) is 9.59 Å². The molecular weight excluding hydrogens is 420 g/mol. The second kappa shape index (κ2) is 16.6. The van der Waals surface area contributed by atoms with Gasteiger partial charge in [0.2, 0.25) is 0 Å². The van der Waals surface area contributed by atoms with Crippen molar-refractivity contribution in [2.45, 2.75) is 53.4 Å². The number of unbranched alkanes of at least 4 members (excludes halogenated alkanes) is 3. The molecule has 0 saturated carbocycles. The van der Waals surface area contributed by atoms with Crippen molar-refractivity contribution in [1.82, 2.24) is 9.80 Å². The van der Waals surface area contributed by atoms with E-state index >= 15 is 0 Å². The third-order valence-electron chi connectivity index (χ3n) is 4.06. The van der Waals surface area contributed by atoms with Gasteiger partial charge in [-0.05, 0) is 40.5 Å². The molecular formula is C22H36N2O8. The van der Waals surface area contributed by atoms with Crippen molar-refractivity contribution in [1.29, 1.82) is 0 Å². The Hall–Kier alpha value is -3.04. The zero-order chi connectivity index (χ0) is 24.5. The molecule has 10 heteroatoms. The molecule has 2 amide bonds. The third kappa shape index (κ3) is 12.6. The second-order valence-corrected chi connectivity index (χ2v) is 7.02. The van der Waals surface area contributed by atoms with Crippen molar-refractivity contribution in [3.63, 3.8) is 0 Å². The maximum Gasteiger partial charge on any atom is 0.412 e. The Balaban J connectivity index is 4.48. The maximum atomic E-state index is 12.0. The van der Waals surface area contributed by atoms with Gasteiger partial charge in [-0.25, -0.2) is 19.2 Å². The third-order valence-corrected chi connectivity index (χ3v) is 4.06. The normalized spacial score (nSPS) is 10.0. The number of esters is 2. The Labute approximate surface area is 190 Å². The van der Waals surface area contributed by atoms with Crippen LogP contribution < -0.4 is 0 Å². The fourth-order valence-corrected chi connectivity index (χ4v) is 2.32. The Bertz CT molecular complexity index is 606. The minimum Gasteiger partial charge on any atom is -0.450 e. The van der Waals surface area contributed by atoms with Crippen LogP contribution in [0.15, 0.2) is 24.3 Å². The topological polar surface area (TPSA) is 112 Å². The van der Waals surface area contributed by atoms with Crippen molar-refractivity contribution >= 4 is 24.1 Å². The zero-order valence-corrected chi connectivity index (χ0v) is 19.6. The number of rotatable bonds is 15. The van der Waals surface area contributed by atoms with E-state index in [-0.39, 0.29) is 37.8 Å². The molecule has 0 aromatic rings. The summed E-state index contributed by atoms with van der Waals surface area (Å²) in [6.07, 6.45) is 1.68. The van der Waals surface area contributed by atoms with E-state index in [1.165, 1.54) is 23.6 Å². The molecule has 0 aliphatic carbocycles. The molecule has 0 saturated heterocycles. The van der Waals surface area contributed by atoms with E-state index in [9.17, 15) is 19.2 Å². The predicted octanol–water partition coefficient (Wildman–Crippen LogP) is 3.62. The van der Waals surface area contributed by atoms with Gasteiger partial charge < -0.3 is 18.9 Å². The van der Waals surface area contributed by atoms with Gasteiger partial charge in [0.15, 0.2) is 13.5 Å². The molecule has 0 rings (SSSR count). The van der Waals surface area contributed by atoms with Crippen LogP contribution in [0, 0.1) is 0 Å². The summed E-state index contributed by atoms with van der Waals surface area (Å²) in [7, 11) is 0. The largest absolute Gasteiger partial charge is 0.450 e. The van der Waals surface area contributed by atoms with Crippen molar-refractivity contribution < 1.29 is 38.1 Å².